The molecule has 1 rings (SSSR count). The molecule has 0 aromatic heterocycles. The molecule has 1 saturated carbocycles. The van der Waals surface area contributed by atoms with E-state index in [4.69, 9.17) is 5.11 Å². The predicted octanol–water partition coefficient (Wildman–Crippen LogP) is 4.03. The topological polar surface area (TPSA) is 20.2 Å². The molecule has 0 aromatic carbocycles. The SMILES string of the molecule is C=C1C(CSCO)CC(C(C)SC)CC1(C)C. The van der Waals surface area contributed by atoms with Crippen molar-refractivity contribution in [3.05, 3.63) is 12.2 Å². The molecule has 1 aliphatic rings. The third-order valence-electron chi connectivity index (χ3n) is 4.17. The average molecular weight is 274 g/mol. The van der Waals surface area contributed by atoms with Crippen LogP contribution < -0.4 is 0 Å². The zero-order valence-corrected chi connectivity index (χ0v) is 13.2. The van der Waals surface area contributed by atoms with Gasteiger partial charge in [-0.05, 0) is 36.3 Å². The Morgan fingerprint density at radius 3 is 2.71 bits per heavy atom. The lowest BCUT2D eigenvalue weighted by Crippen LogP contribution is -2.35. The van der Waals surface area contributed by atoms with Crippen LogP contribution in [0.3, 0.4) is 0 Å². The summed E-state index contributed by atoms with van der Waals surface area (Å²) in [7, 11) is 0. The molecule has 0 aromatic rings. The second-order valence-electron chi connectivity index (χ2n) is 5.75. The summed E-state index contributed by atoms with van der Waals surface area (Å²) in [6, 6.07) is 0. The molecule has 0 heterocycles. The lowest BCUT2D eigenvalue weighted by atomic mass is 9.64. The molecule has 3 unspecified atom stereocenters. The van der Waals surface area contributed by atoms with E-state index in [2.05, 4.69) is 33.6 Å². The maximum absolute atomic E-state index is 8.96. The van der Waals surface area contributed by atoms with Crippen LogP contribution in [0.2, 0.25) is 0 Å². The monoisotopic (exact) mass is 274 g/mol. The molecular formula is C14H26OS2. The van der Waals surface area contributed by atoms with Crippen LogP contribution in [-0.2, 0) is 0 Å². The van der Waals surface area contributed by atoms with Gasteiger partial charge in [0.1, 0.15) is 0 Å². The van der Waals surface area contributed by atoms with E-state index in [-0.39, 0.29) is 11.4 Å². The van der Waals surface area contributed by atoms with Gasteiger partial charge in [0, 0.05) is 11.0 Å². The number of aliphatic hydroxyl groups excluding tert-OH is 1. The number of allylic oxidation sites excluding steroid dienone is 1. The first-order valence-corrected chi connectivity index (χ1v) is 8.77. The summed E-state index contributed by atoms with van der Waals surface area (Å²) in [5, 5.41) is 9.69. The molecule has 17 heavy (non-hydrogen) atoms. The van der Waals surface area contributed by atoms with Gasteiger partial charge in [-0.3, -0.25) is 0 Å². The second kappa shape index (κ2) is 6.53. The van der Waals surface area contributed by atoms with Crippen molar-refractivity contribution in [2.45, 2.75) is 38.9 Å². The first kappa shape index (κ1) is 15.5. The minimum atomic E-state index is 0.229. The number of hydrogen-bond acceptors (Lipinski definition) is 3. The van der Waals surface area contributed by atoms with Crippen molar-refractivity contribution >= 4 is 23.5 Å². The summed E-state index contributed by atoms with van der Waals surface area (Å²) < 4.78 is 0. The Balaban J connectivity index is 2.73. The summed E-state index contributed by atoms with van der Waals surface area (Å²) >= 11 is 3.60. The molecule has 0 bridgehead atoms. The molecule has 1 N–H and O–H groups in total. The average Bonchev–Trinajstić information content (AvgIpc) is 2.29. The van der Waals surface area contributed by atoms with Crippen molar-refractivity contribution in [1.82, 2.24) is 0 Å². The van der Waals surface area contributed by atoms with E-state index in [1.54, 1.807) is 11.8 Å². The fraction of sp³-hybridized carbons (Fsp3) is 0.857. The van der Waals surface area contributed by atoms with E-state index >= 15 is 0 Å². The Morgan fingerprint density at radius 1 is 1.53 bits per heavy atom. The minimum Gasteiger partial charge on any atom is -0.386 e. The fourth-order valence-corrected chi connectivity index (χ4v) is 4.16. The Morgan fingerprint density at radius 2 is 2.18 bits per heavy atom. The fourth-order valence-electron chi connectivity index (χ4n) is 2.84. The highest BCUT2D eigenvalue weighted by molar-refractivity contribution is 7.99. The first-order valence-electron chi connectivity index (χ1n) is 6.33. The van der Waals surface area contributed by atoms with Gasteiger partial charge in [0.25, 0.3) is 0 Å². The normalized spacial score (nSPS) is 30.3. The summed E-state index contributed by atoms with van der Waals surface area (Å²) in [5.41, 5.74) is 1.65. The van der Waals surface area contributed by atoms with Gasteiger partial charge < -0.3 is 5.11 Å². The van der Waals surface area contributed by atoms with Crippen molar-refractivity contribution < 1.29 is 5.11 Å². The van der Waals surface area contributed by atoms with Gasteiger partial charge in [0.15, 0.2) is 0 Å². The highest BCUT2D eigenvalue weighted by Crippen LogP contribution is 2.48. The summed E-state index contributed by atoms with van der Waals surface area (Å²) in [5.74, 6) is 2.62. The van der Waals surface area contributed by atoms with Gasteiger partial charge in [0.05, 0.1) is 5.94 Å². The molecule has 0 spiro atoms. The van der Waals surface area contributed by atoms with Crippen molar-refractivity contribution in [3.63, 3.8) is 0 Å². The molecule has 3 heteroatoms. The van der Waals surface area contributed by atoms with Crippen molar-refractivity contribution in [2.75, 3.05) is 17.9 Å². The van der Waals surface area contributed by atoms with Crippen molar-refractivity contribution in [2.24, 2.45) is 17.3 Å². The van der Waals surface area contributed by atoms with E-state index in [0.717, 1.165) is 16.9 Å². The van der Waals surface area contributed by atoms with Crippen LogP contribution in [0.5, 0.6) is 0 Å². The first-order chi connectivity index (χ1) is 7.92. The zero-order valence-electron chi connectivity index (χ0n) is 11.5. The van der Waals surface area contributed by atoms with E-state index in [9.17, 15) is 0 Å². The number of thioether (sulfide) groups is 2. The van der Waals surface area contributed by atoms with Crippen LogP contribution in [0.1, 0.15) is 33.6 Å². The van der Waals surface area contributed by atoms with Crippen LogP contribution >= 0.6 is 23.5 Å². The van der Waals surface area contributed by atoms with Crippen molar-refractivity contribution in [3.8, 4) is 0 Å². The summed E-state index contributed by atoms with van der Waals surface area (Å²) in [6.07, 6.45) is 4.71. The van der Waals surface area contributed by atoms with Crippen LogP contribution in [0.25, 0.3) is 0 Å². The quantitative estimate of drug-likeness (QED) is 0.604. The van der Waals surface area contributed by atoms with Gasteiger partial charge >= 0.3 is 0 Å². The van der Waals surface area contributed by atoms with Crippen LogP contribution in [0.4, 0.5) is 0 Å². The summed E-state index contributed by atoms with van der Waals surface area (Å²) in [4.78, 5) is 0. The molecule has 1 fully saturated rings. The molecule has 0 aliphatic heterocycles. The maximum atomic E-state index is 8.96. The van der Waals surface area contributed by atoms with Gasteiger partial charge in [-0.15, -0.1) is 11.8 Å². The van der Waals surface area contributed by atoms with Gasteiger partial charge in [0.2, 0.25) is 0 Å². The highest BCUT2D eigenvalue weighted by Gasteiger charge is 2.38. The Bertz CT molecular complexity index is 263. The second-order valence-corrected chi connectivity index (χ2v) is 7.96. The van der Waals surface area contributed by atoms with Crippen molar-refractivity contribution in [1.29, 1.82) is 0 Å². The lowest BCUT2D eigenvalue weighted by molar-refractivity contribution is 0.214. The van der Waals surface area contributed by atoms with Gasteiger partial charge in [-0.25, -0.2) is 0 Å². The molecule has 1 nitrogen and oxygen atoms in total. The third kappa shape index (κ3) is 3.93. The number of rotatable bonds is 5. The van der Waals surface area contributed by atoms with Gasteiger partial charge in [-0.1, -0.05) is 32.9 Å². The lowest BCUT2D eigenvalue weighted by Gasteiger charge is -2.44. The van der Waals surface area contributed by atoms with Crippen LogP contribution in [0, 0.1) is 17.3 Å². The standard InChI is InChI=1S/C14H26OS2/c1-10-13(8-17-9-15)6-12(11(2)16-5)7-14(10,3)4/h11-13,15H,1,6-9H2,2-5H3. The molecule has 100 valence electrons. The van der Waals surface area contributed by atoms with Gasteiger partial charge in [-0.2, -0.15) is 11.8 Å². The van der Waals surface area contributed by atoms with E-state index in [0.29, 0.717) is 5.92 Å². The zero-order chi connectivity index (χ0) is 13.1. The smallest absolute Gasteiger partial charge is 0.0886 e. The summed E-state index contributed by atoms with van der Waals surface area (Å²) in [6.45, 7) is 11.3. The Labute approximate surface area is 115 Å². The van der Waals surface area contributed by atoms with E-state index < -0.39 is 0 Å². The van der Waals surface area contributed by atoms with E-state index in [1.807, 2.05) is 11.8 Å². The van der Waals surface area contributed by atoms with Crippen LogP contribution in [-0.4, -0.2) is 28.3 Å². The minimum absolute atomic E-state index is 0.229. The maximum Gasteiger partial charge on any atom is 0.0886 e. The van der Waals surface area contributed by atoms with E-state index in [1.165, 1.54) is 18.4 Å². The molecule has 3 atom stereocenters. The molecule has 0 saturated heterocycles. The molecule has 0 amide bonds. The largest absolute Gasteiger partial charge is 0.386 e. The predicted molar refractivity (Wildman–Crippen MR) is 81.7 cm³/mol. The molecule has 1 aliphatic carbocycles. The molecule has 0 radical (unpaired) electrons. The Hall–Kier alpha value is 0.400. The Kier molecular flexibility index (Phi) is 5.94. The molecular weight excluding hydrogens is 248 g/mol. The third-order valence-corrected chi connectivity index (χ3v) is 6.12. The number of hydrogen-bond donors (Lipinski definition) is 1. The number of aliphatic hydroxyl groups is 1. The highest BCUT2D eigenvalue weighted by atomic mass is 32.2. The van der Waals surface area contributed by atoms with Crippen LogP contribution in [0.15, 0.2) is 12.2 Å².